The van der Waals surface area contributed by atoms with E-state index in [1.807, 2.05) is 43.3 Å². The fourth-order valence-electron chi connectivity index (χ4n) is 3.67. The minimum Gasteiger partial charge on any atom is -0.273 e. The number of guanidine groups is 1. The van der Waals surface area contributed by atoms with Crippen LogP contribution in [0.3, 0.4) is 0 Å². The van der Waals surface area contributed by atoms with Crippen molar-refractivity contribution in [2.45, 2.75) is 40.0 Å². The summed E-state index contributed by atoms with van der Waals surface area (Å²) < 4.78 is 0. The van der Waals surface area contributed by atoms with Gasteiger partial charge in [0, 0.05) is 0 Å². The number of nitrogens with one attached hydrogen (secondary N) is 1. The zero-order chi connectivity index (χ0) is 20.3. The van der Waals surface area contributed by atoms with E-state index in [0.29, 0.717) is 30.1 Å². The molecule has 1 N–H and O–H groups in total. The third kappa shape index (κ3) is 3.33. The molecule has 0 radical (unpaired) electrons. The molecule has 1 heterocycles. The molecule has 0 bridgehead atoms. The largest absolute Gasteiger partial charge is 0.273 e. The molecule has 1 aliphatic rings. The second-order valence-electron chi connectivity index (χ2n) is 7.64. The van der Waals surface area contributed by atoms with Crippen molar-refractivity contribution in [3.05, 3.63) is 60.7 Å². The molecule has 0 saturated carbocycles. The summed E-state index contributed by atoms with van der Waals surface area (Å²) in [6.45, 7) is 6.07. The van der Waals surface area contributed by atoms with E-state index in [1.165, 1.54) is 9.80 Å². The van der Waals surface area contributed by atoms with E-state index >= 15 is 0 Å². The molecule has 0 unspecified atom stereocenters. The van der Waals surface area contributed by atoms with Crippen LogP contribution in [0.5, 0.6) is 0 Å². The molecule has 3 rings (SSSR count). The van der Waals surface area contributed by atoms with Gasteiger partial charge in [-0.25, -0.2) is 9.80 Å². The first-order valence-electron chi connectivity index (χ1n) is 9.80. The fourth-order valence-corrected chi connectivity index (χ4v) is 3.67. The highest BCUT2D eigenvalue weighted by molar-refractivity contribution is 6.38. The van der Waals surface area contributed by atoms with Gasteiger partial charge >= 0.3 is 0 Å². The van der Waals surface area contributed by atoms with Crippen molar-refractivity contribution in [2.24, 2.45) is 11.3 Å². The number of anilines is 2. The summed E-state index contributed by atoms with van der Waals surface area (Å²) in [5.74, 6) is -0.352. The number of para-hydroxylation sites is 2. The van der Waals surface area contributed by atoms with Gasteiger partial charge in [0.1, 0.15) is 5.41 Å². The summed E-state index contributed by atoms with van der Waals surface area (Å²) in [6.07, 6.45) is 1.64. The van der Waals surface area contributed by atoms with Crippen LogP contribution in [0.4, 0.5) is 11.4 Å². The van der Waals surface area contributed by atoms with Crippen LogP contribution in [0.15, 0.2) is 60.7 Å². The number of hydrogen-bond donors (Lipinski definition) is 1. The minimum absolute atomic E-state index is 0.124. The van der Waals surface area contributed by atoms with Crippen LogP contribution in [0.25, 0.3) is 0 Å². The molecule has 2 aromatic carbocycles. The van der Waals surface area contributed by atoms with E-state index in [0.717, 1.165) is 6.42 Å². The number of rotatable bonds is 6. The quantitative estimate of drug-likeness (QED) is 0.733. The van der Waals surface area contributed by atoms with E-state index in [2.05, 4.69) is 13.8 Å². The van der Waals surface area contributed by atoms with Crippen molar-refractivity contribution < 1.29 is 9.59 Å². The van der Waals surface area contributed by atoms with Gasteiger partial charge in [0.15, 0.2) is 0 Å². The Labute approximate surface area is 166 Å². The monoisotopic (exact) mass is 377 g/mol. The van der Waals surface area contributed by atoms with Gasteiger partial charge in [-0.2, -0.15) is 0 Å². The number of amides is 2. The van der Waals surface area contributed by atoms with Crippen LogP contribution < -0.4 is 9.80 Å². The normalized spacial score (nSPS) is 20.2. The second kappa shape index (κ2) is 7.97. The summed E-state index contributed by atoms with van der Waals surface area (Å²) in [6, 6.07) is 18.3. The zero-order valence-electron chi connectivity index (χ0n) is 16.7. The van der Waals surface area contributed by atoms with E-state index in [-0.39, 0.29) is 17.8 Å². The van der Waals surface area contributed by atoms with Crippen molar-refractivity contribution in [1.29, 1.82) is 5.41 Å². The highest BCUT2D eigenvalue weighted by atomic mass is 16.2. The number of benzene rings is 2. The molecule has 1 saturated heterocycles. The third-order valence-corrected chi connectivity index (χ3v) is 5.43. The molecule has 146 valence electrons. The van der Waals surface area contributed by atoms with Crippen molar-refractivity contribution in [2.75, 3.05) is 9.80 Å². The number of carbonyl (C=O) groups excluding carboxylic acids is 2. The van der Waals surface area contributed by atoms with E-state index in [1.54, 1.807) is 24.3 Å². The predicted octanol–water partition coefficient (Wildman–Crippen LogP) is 4.83. The van der Waals surface area contributed by atoms with Gasteiger partial charge in [-0.05, 0) is 49.4 Å². The molecule has 1 aliphatic heterocycles. The first-order valence-corrected chi connectivity index (χ1v) is 9.80. The zero-order valence-corrected chi connectivity index (χ0v) is 16.7. The first-order chi connectivity index (χ1) is 13.4. The Kier molecular flexibility index (Phi) is 5.63. The average Bonchev–Trinajstić information content (AvgIpc) is 2.70. The van der Waals surface area contributed by atoms with Crippen molar-refractivity contribution in [3.63, 3.8) is 0 Å². The standard InChI is InChI=1S/C23H27N3O2/c1-4-23(16-15-17(2)3)20(27)25(18-11-7-5-8-12-18)22(24)26(21(23)28)19-13-9-6-10-14-19/h5-14,17,24H,4,15-16H2,1-3H3. The van der Waals surface area contributed by atoms with Crippen LogP contribution in [0.2, 0.25) is 0 Å². The summed E-state index contributed by atoms with van der Waals surface area (Å²) in [5.41, 5.74) is 0.0437. The van der Waals surface area contributed by atoms with Crippen molar-refractivity contribution >= 4 is 29.1 Å². The summed E-state index contributed by atoms with van der Waals surface area (Å²) in [4.78, 5) is 30.0. The smallest absolute Gasteiger partial charge is 0.249 e. The van der Waals surface area contributed by atoms with Crippen LogP contribution in [0.1, 0.15) is 40.0 Å². The van der Waals surface area contributed by atoms with Gasteiger partial charge in [-0.15, -0.1) is 0 Å². The molecule has 28 heavy (non-hydrogen) atoms. The molecule has 0 spiro atoms. The molecule has 2 aromatic rings. The van der Waals surface area contributed by atoms with Crippen LogP contribution in [-0.4, -0.2) is 17.8 Å². The summed E-state index contributed by atoms with van der Waals surface area (Å²) in [7, 11) is 0. The van der Waals surface area contributed by atoms with Crippen LogP contribution in [0, 0.1) is 16.7 Å². The Morgan fingerprint density at radius 2 is 1.29 bits per heavy atom. The topological polar surface area (TPSA) is 64.5 Å². The molecule has 1 fully saturated rings. The lowest BCUT2D eigenvalue weighted by atomic mass is 9.75. The van der Waals surface area contributed by atoms with Crippen molar-refractivity contribution in [3.8, 4) is 0 Å². The van der Waals surface area contributed by atoms with Gasteiger partial charge in [0.05, 0.1) is 11.4 Å². The highest BCUT2D eigenvalue weighted by Gasteiger charge is 2.55. The number of nitrogens with zero attached hydrogens (tertiary/aromatic N) is 2. The van der Waals surface area contributed by atoms with Gasteiger partial charge in [0.25, 0.3) is 0 Å². The molecule has 5 heteroatoms. The molecular weight excluding hydrogens is 350 g/mol. The van der Waals surface area contributed by atoms with E-state index < -0.39 is 5.41 Å². The first kappa shape index (κ1) is 19.8. The van der Waals surface area contributed by atoms with Crippen LogP contribution in [-0.2, 0) is 9.59 Å². The molecule has 5 nitrogen and oxygen atoms in total. The Balaban J connectivity index is 2.15. The predicted molar refractivity (Wildman–Crippen MR) is 112 cm³/mol. The molecule has 2 amide bonds. The van der Waals surface area contributed by atoms with Gasteiger partial charge < -0.3 is 0 Å². The van der Waals surface area contributed by atoms with Gasteiger partial charge in [0.2, 0.25) is 17.8 Å². The van der Waals surface area contributed by atoms with Crippen molar-refractivity contribution in [1.82, 2.24) is 0 Å². The molecule has 0 atom stereocenters. The molecule has 0 aromatic heterocycles. The average molecular weight is 377 g/mol. The van der Waals surface area contributed by atoms with Gasteiger partial charge in [-0.1, -0.05) is 57.2 Å². The third-order valence-electron chi connectivity index (χ3n) is 5.43. The summed E-state index contributed by atoms with van der Waals surface area (Å²) in [5, 5.41) is 8.72. The molecular formula is C23H27N3O2. The Morgan fingerprint density at radius 1 is 0.857 bits per heavy atom. The Bertz CT molecular complexity index is 800. The van der Waals surface area contributed by atoms with E-state index in [4.69, 9.17) is 5.41 Å². The fraction of sp³-hybridized carbons (Fsp3) is 0.348. The maximum atomic E-state index is 13.6. The SMILES string of the molecule is CCC1(CCC(C)C)C(=O)N(c2ccccc2)C(=N)N(c2ccccc2)C1=O. The summed E-state index contributed by atoms with van der Waals surface area (Å²) >= 11 is 0. The molecule has 0 aliphatic carbocycles. The van der Waals surface area contributed by atoms with Crippen LogP contribution >= 0.6 is 0 Å². The van der Waals surface area contributed by atoms with Gasteiger partial charge in [-0.3, -0.25) is 15.0 Å². The minimum atomic E-state index is -1.17. The lowest BCUT2D eigenvalue weighted by Crippen LogP contribution is -2.66. The highest BCUT2D eigenvalue weighted by Crippen LogP contribution is 2.41. The Hall–Kier alpha value is -2.95. The van der Waals surface area contributed by atoms with E-state index in [9.17, 15) is 9.59 Å². The maximum absolute atomic E-state index is 13.6. The lowest BCUT2D eigenvalue weighted by molar-refractivity contribution is -0.141. The maximum Gasteiger partial charge on any atom is 0.249 e. The second-order valence-corrected chi connectivity index (χ2v) is 7.64. The number of carbonyl (C=O) groups is 2. The Morgan fingerprint density at radius 3 is 1.64 bits per heavy atom. The lowest BCUT2D eigenvalue weighted by Gasteiger charge is -2.45. The number of hydrogen-bond acceptors (Lipinski definition) is 3.